The van der Waals surface area contributed by atoms with Crippen LogP contribution in [0.15, 0.2) is 6.07 Å². The number of fused-ring (bicyclic) bond motifs is 1. The highest BCUT2D eigenvalue weighted by atomic mass is 35.5. The Hall–Kier alpha value is -0.700. The van der Waals surface area contributed by atoms with Crippen molar-refractivity contribution in [3.63, 3.8) is 0 Å². The Morgan fingerprint density at radius 1 is 1.16 bits per heavy atom. The van der Waals surface area contributed by atoms with E-state index in [-0.39, 0.29) is 0 Å². The summed E-state index contributed by atoms with van der Waals surface area (Å²) in [6, 6.07) is 1.64. The Labute approximate surface area is 128 Å². The van der Waals surface area contributed by atoms with E-state index in [9.17, 15) is 0 Å². The summed E-state index contributed by atoms with van der Waals surface area (Å²) in [5.41, 5.74) is 3.67. The van der Waals surface area contributed by atoms with Crippen molar-refractivity contribution in [3.8, 4) is 0 Å². The number of anilines is 1. The average molecular weight is 318 g/mol. The molecule has 0 bridgehead atoms. The molecule has 19 heavy (non-hydrogen) atoms. The molecule has 5 heteroatoms. The largest absolute Gasteiger partial charge is 0.384 e. The van der Waals surface area contributed by atoms with Gasteiger partial charge in [-0.3, -0.25) is 4.98 Å². The van der Waals surface area contributed by atoms with Crippen molar-refractivity contribution < 1.29 is 0 Å². The second-order valence-electron chi connectivity index (χ2n) is 4.50. The van der Waals surface area contributed by atoms with Gasteiger partial charge in [-0.15, -0.1) is 0 Å². The third kappa shape index (κ3) is 2.62. The van der Waals surface area contributed by atoms with Gasteiger partial charge in [-0.2, -0.15) is 0 Å². The van der Waals surface area contributed by atoms with Crippen LogP contribution in [0.3, 0.4) is 0 Å². The fourth-order valence-electron chi connectivity index (χ4n) is 2.01. The van der Waals surface area contributed by atoms with Gasteiger partial charge in [0.05, 0.1) is 20.6 Å². The van der Waals surface area contributed by atoms with E-state index in [4.69, 9.17) is 34.8 Å². The van der Waals surface area contributed by atoms with Crippen LogP contribution in [0, 0.1) is 13.8 Å². The number of rotatable bonds is 3. The lowest BCUT2D eigenvalue weighted by molar-refractivity contribution is 0.977. The Bertz CT molecular complexity index is 639. The van der Waals surface area contributed by atoms with Crippen LogP contribution >= 0.6 is 34.8 Å². The first-order valence-electron chi connectivity index (χ1n) is 6.15. The molecule has 0 saturated heterocycles. The molecule has 2 rings (SSSR count). The zero-order valence-corrected chi connectivity index (χ0v) is 13.3. The van der Waals surface area contributed by atoms with Gasteiger partial charge in [0, 0.05) is 23.3 Å². The number of aromatic nitrogens is 1. The molecule has 0 radical (unpaired) electrons. The van der Waals surface area contributed by atoms with Crippen molar-refractivity contribution in [2.75, 3.05) is 11.9 Å². The Balaban J connectivity index is 2.85. The van der Waals surface area contributed by atoms with Crippen LogP contribution in [-0.2, 0) is 0 Å². The fraction of sp³-hybridized carbons (Fsp3) is 0.357. The van der Waals surface area contributed by atoms with E-state index in [0.717, 1.165) is 35.3 Å². The van der Waals surface area contributed by atoms with E-state index in [1.807, 2.05) is 13.8 Å². The van der Waals surface area contributed by atoms with Crippen LogP contribution < -0.4 is 5.32 Å². The normalized spacial score (nSPS) is 11.1. The summed E-state index contributed by atoms with van der Waals surface area (Å²) < 4.78 is 0. The first-order valence-corrected chi connectivity index (χ1v) is 7.29. The van der Waals surface area contributed by atoms with Crippen LogP contribution in [0.25, 0.3) is 10.9 Å². The van der Waals surface area contributed by atoms with Gasteiger partial charge in [0.1, 0.15) is 0 Å². The molecule has 0 amide bonds. The summed E-state index contributed by atoms with van der Waals surface area (Å²) in [5, 5.41) is 5.67. The third-order valence-corrected chi connectivity index (χ3v) is 4.22. The van der Waals surface area contributed by atoms with Gasteiger partial charge in [0.2, 0.25) is 0 Å². The van der Waals surface area contributed by atoms with Crippen molar-refractivity contribution in [1.29, 1.82) is 0 Å². The SMILES string of the molecule is CCCNc1c(C)c(C)nc2c(Cl)cc(Cl)c(Cl)c12. The minimum absolute atomic E-state index is 0.448. The number of nitrogens with zero attached hydrogens (tertiary/aromatic N) is 1. The Morgan fingerprint density at radius 3 is 2.47 bits per heavy atom. The van der Waals surface area contributed by atoms with E-state index < -0.39 is 0 Å². The Kier molecular flexibility index (Phi) is 4.44. The second-order valence-corrected chi connectivity index (χ2v) is 5.69. The monoisotopic (exact) mass is 316 g/mol. The molecule has 1 N–H and O–H groups in total. The van der Waals surface area contributed by atoms with E-state index in [2.05, 4.69) is 17.2 Å². The van der Waals surface area contributed by atoms with Gasteiger partial charge < -0.3 is 5.32 Å². The molecule has 0 saturated carbocycles. The maximum atomic E-state index is 6.34. The lowest BCUT2D eigenvalue weighted by Gasteiger charge is -2.16. The van der Waals surface area contributed by atoms with Crippen LogP contribution in [0.5, 0.6) is 0 Å². The van der Waals surface area contributed by atoms with E-state index in [1.54, 1.807) is 6.07 Å². The quantitative estimate of drug-likeness (QED) is 0.742. The number of nitrogens with one attached hydrogen (secondary N) is 1. The molecule has 0 atom stereocenters. The highest BCUT2D eigenvalue weighted by Gasteiger charge is 2.16. The minimum Gasteiger partial charge on any atom is -0.384 e. The van der Waals surface area contributed by atoms with Crippen molar-refractivity contribution in [2.45, 2.75) is 27.2 Å². The number of aryl methyl sites for hydroxylation is 1. The van der Waals surface area contributed by atoms with Gasteiger partial charge in [-0.05, 0) is 31.9 Å². The van der Waals surface area contributed by atoms with Crippen LogP contribution in [0.4, 0.5) is 5.69 Å². The molecule has 0 spiro atoms. The number of hydrogen-bond donors (Lipinski definition) is 1. The van der Waals surface area contributed by atoms with Crippen LogP contribution in [-0.4, -0.2) is 11.5 Å². The lowest BCUT2D eigenvalue weighted by atomic mass is 10.1. The Morgan fingerprint density at radius 2 is 1.84 bits per heavy atom. The van der Waals surface area contributed by atoms with Gasteiger partial charge in [-0.25, -0.2) is 0 Å². The van der Waals surface area contributed by atoms with E-state index >= 15 is 0 Å². The average Bonchev–Trinajstić information content (AvgIpc) is 2.37. The summed E-state index contributed by atoms with van der Waals surface area (Å²) in [7, 11) is 0. The summed E-state index contributed by atoms with van der Waals surface area (Å²) in [4.78, 5) is 4.53. The number of hydrogen-bond acceptors (Lipinski definition) is 2. The summed E-state index contributed by atoms with van der Waals surface area (Å²) in [6.07, 6.45) is 1.02. The van der Waals surface area contributed by atoms with Crippen molar-refractivity contribution in [2.24, 2.45) is 0 Å². The maximum Gasteiger partial charge on any atom is 0.0928 e. The second kappa shape index (κ2) is 5.74. The smallest absolute Gasteiger partial charge is 0.0928 e. The van der Waals surface area contributed by atoms with Crippen molar-refractivity contribution >= 4 is 51.4 Å². The molecule has 0 aliphatic carbocycles. The van der Waals surface area contributed by atoms with Crippen molar-refractivity contribution in [3.05, 3.63) is 32.4 Å². The van der Waals surface area contributed by atoms with Crippen molar-refractivity contribution in [1.82, 2.24) is 4.98 Å². The van der Waals surface area contributed by atoms with E-state index in [0.29, 0.717) is 20.6 Å². The highest BCUT2D eigenvalue weighted by molar-refractivity contribution is 6.48. The zero-order valence-electron chi connectivity index (χ0n) is 11.1. The zero-order chi connectivity index (χ0) is 14.2. The molecule has 2 nitrogen and oxygen atoms in total. The molecule has 1 heterocycles. The molecule has 1 aromatic carbocycles. The molecule has 2 aromatic rings. The summed E-state index contributed by atoms with van der Waals surface area (Å²) in [6.45, 7) is 6.95. The van der Waals surface area contributed by atoms with Gasteiger partial charge in [-0.1, -0.05) is 41.7 Å². The van der Waals surface area contributed by atoms with E-state index in [1.165, 1.54) is 0 Å². The lowest BCUT2D eigenvalue weighted by Crippen LogP contribution is -2.05. The fourth-order valence-corrected chi connectivity index (χ4v) is 2.76. The van der Waals surface area contributed by atoms with Crippen LogP contribution in [0.1, 0.15) is 24.6 Å². The predicted octanol–water partition coefficient (Wildman–Crippen LogP) is 5.63. The molecule has 1 aromatic heterocycles. The predicted molar refractivity (Wildman–Crippen MR) is 85.0 cm³/mol. The number of pyridine rings is 1. The molecule has 0 aliphatic heterocycles. The molecule has 0 unspecified atom stereocenters. The summed E-state index contributed by atoms with van der Waals surface area (Å²) in [5.74, 6) is 0. The highest BCUT2D eigenvalue weighted by Crippen LogP contribution is 2.40. The molecular formula is C14H15Cl3N2. The standard InChI is InChI=1S/C14H15Cl3N2/c1-4-5-18-13-7(2)8(3)19-14-10(16)6-9(15)12(17)11(13)14/h6H,4-5H2,1-3H3,(H,18,19). The molecule has 0 aliphatic rings. The first-order chi connectivity index (χ1) is 8.97. The third-order valence-electron chi connectivity index (χ3n) is 3.14. The topological polar surface area (TPSA) is 24.9 Å². The number of benzene rings is 1. The minimum atomic E-state index is 0.448. The van der Waals surface area contributed by atoms with Gasteiger partial charge in [0.15, 0.2) is 0 Å². The van der Waals surface area contributed by atoms with Gasteiger partial charge >= 0.3 is 0 Å². The first kappa shape index (κ1) is 14.7. The maximum absolute atomic E-state index is 6.34. The molecule has 102 valence electrons. The van der Waals surface area contributed by atoms with Crippen LogP contribution in [0.2, 0.25) is 15.1 Å². The number of halogens is 3. The summed E-state index contributed by atoms with van der Waals surface area (Å²) >= 11 is 18.7. The molecule has 0 fully saturated rings. The van der Waals surface area contributed by atoms with Gasteiger partial charge in [0.25, 0.3) is 0 Å². The molecular weight excluding hydrogens is 303 g/mol.